The molecule has 0 fully saturated rings. The van der Waals surface area contributed by atoms with Gasteiger partial charge in [0.15, 0.2) is 23.1 Å². The quantitative estimate of drug-likeness (QED) is 0.179. The molecule has 0 amide bonds. The summed E-state index contributed by atoms with van der Waals surface area (Å²) in [6, 6.07) is 76.2. The minimum absolute atomic E-state index is 0.356. The number of fused-ring (bicyclic) bond motifs is 15. The number of nitrogens with zero attached hydrogens (tertiary/aromatic N) is 5. The Balaban J connectivity index is 1.04. The lowest BCUT2D eigenvalue weighted by Crippen LogP contribution is -2.09. The predicted octanol–water partition coefficient (Wildman–Crippen LogP) is 16.1. The second-order valence-electron chi connectivity index (χ2n) is 18.5. The lowest BCUT2D eigenvalue weighted by molar-refractivity contribution is 0.262. The van der Waals surface area contributed by atoms with Gasteiger partial charge in [-0.3, -0.25) is 0 Å². The van der Waals surface area contributed by atoms with Crippen LogP contribution in [0.25, 0.3) is 128 Å². The van der Waals surface area contributed by atoms with Crippen molar-refractivity contribution in [3.63, 3.8) is 0 Å². The molecular weight excluding hydrogens is 889 g/mol. The molecule has 0 bridgehead atoms. The van der Waals surface area contributed by atoms with Crippen LogP contribution in [0.4, 0.5) is 5.69 Å². The first-order valence-electron chi connectivity index (χ1n) is 24.2. The van der Waals surface area contributed by atoms with E-state index in [1.807, 2.05) is 66.7 Å². The van der Waals surface area contributed by atoms with Crippen molar-refractivity contribution in [2.24, 2.45) is 0 Å². The number of aromatic nitrogens is 5. The first-order chi connectivity index (χ1) is 35.7. The molecule has 0 saturated heterocycles. The summed E-state index contributed by atoms with van der Waals surface area (Å²) in [6.07, 6.45) is -0.356. The maximum atomic E-state index is 7.03. The monoisotopic (exact) mass is 926 g/mol. The summed E-state index contributed by atoms with van der Waals surface area (Å²) in [5, 5.41) is 10.3. The molecule has 6 heterocycles. The third-order valence-electron chi connectivity index (χ3n) is 14.5. The molecule has 1 N–H and O–H groups in total. The summed E-state index contributed by atoms with van der Waals surface area (Å²) in [4.78, 5) is 10.2. The highest BCUT2D eigenvalue weighted by molar-refractivity contribution is 6.19. The first-order valence-corrected chi connectivity index (χ1v) is 24.2. The number of nitrogens with one attached hydrogen (secondary N) is 1. The second kappa shape index (κ2) is 14.8. The fourth-order valence-corrected chi connectivity index (χ4v) is 11.4. The molecule has 0 aliphatic carbocycles. The van der Waals surface area contributed by atoms with Crippen molar-refractivity contribution in [1.82, 2.24) is 23.7 Å². The van der Waals surface area contributed by atoms with Gasteiger partial charge in [-0.1, -0.05) is 121 Å². The van der Waals surface area contributed by atoms with Crippen LogP contribution in [-0.4, -0.2) is 23.7 Å². The van der Waals surface area contributed by atoms with Crippen molar-refractivity contribution < 1.29 is 13.6 Å². The van der Waals surface area contributed by atoms with Crippen molar-refractivity contribution >= 4 is 93.3 Å². The molecule has 0 saturated carbocycles. The summed E-state index contributed by atoms with van der Waals surface area (Å²) in [5.74, 6) is 1.94. The zero-order chi connectivity index (χ0) is 47.0. The first kappa shape index (κ1) is 39.0. The standard InChI is InChI=1S/C63H38N6O3/c1-4-16-37(17-5-1)61-64-49-31-28-46-43-22-10-13-25-52(43)67(55(46)58(49)70-61)40-34-41(68-53-26-14-11-23-44(53)47-29-32-50-59(56(47)68)71-62(65-50)38-18-6-2-7-19-38)36-42(35-40)69-54-27-15-12-24-45(54)48-30-33-51-60(57(48)69)72-63(66-51)39-20-8-3-9-21-39/h1-36,61,64H. The van der Waals surface area contributed by atoms with E-state index in [2.05, 4.69) is 171 Å². The number of para-hydroxylation sites is 3. The molecule has 0 spiro atoms. The van der Waals surface area contributed by atoms with Crippen molar-refractivity contribution in [1.29, 1.82) is 0 Å². The fraction of sp³-hybridized carbons (Fsp3) is 0.0159. The van der Waals surface area contributed by atoms with E-state index >= 15 is 0 Å². The maximum absolute atomic E-state index is 7.03. The minimum Gasteiger partial charge on any atom is -0.462 e. The van der Waals surface area contributed by atoms with E-state index < -0.39 is 0 Å². The summed E-state index contributed by atoms with van der Waals surface area (Å²) in [5.41, 5.74) is 15.6. The average Bonchev–Trinajstić information content (AvgIpc) is 4.31. The minimum atomic E-state index is -0.356. The van der Waals surface area contributed by atoms with Crippen molar-refractivity contribution in [2.75, 3.05) is 5.32 Å². The van der Waals surface area contributed by atoms with E-state index in [1.165, 1.54) is 0 Å². The molecule has 9 nitrogen and oxygen atoms in total. The molecule has 5 aromatic heterocycles. The van der Waals surface area contributed by atoms with E-state index in [9.17, 15) is 0 Å². The van der Waals surface area contributed by atoms with Gasteiger partial charge >= 0.3 is 0 Å². The molecule has 16 rings (SSSR count). The van der Waals surface area contributed by atoms with Crippen molar-refractivity contribution in [3.05, 3.63) is 224 Å². The van der Waals surface area contributed by atoms with Crippen LogP contribution in [0.15, 0.2) is 227 Å². The molecular formula is C63H38N6O3. The molecule has 1 atom stereocenters. The zero-order valence-corrected chi connectivity index (χ0v) is 38.3. The number of rotatable bonds is 6. The SMILES string of the molecule is c1ccc(-c2nc3ccc4c5ccccc5n(-c5cc(-n6c7ccccc7c7ccc8c(c76)OC(c6ccccc6)N8)cc(-n6c7ccccc7c7ccc8nc(-c9ccccc9)oc8c76)c5)c4c3o2)cc1. The molecule has 338 valence electrons. The van der Waals surface area contributed by atoms with E-state index in [-0.39, 0.29) is 6.23 Å². The predicted molar refractivity (Wildman–Crippen MR) is 289 cm³/mol. The Morgan fingerprint density at radius 3 is 1.26 bits per heavy atom. The Bertz CT molecular complexity index is 4490. The van der Waals surface area contributed by atoms with Crippen LogP contribution < -0.4 is 10.1 Å². The van der Waals surface area contributed by atoms with Gasteiger partial charge in [-0.25, -0.2) is 9.97 Å². The van der Waals surface area contributed by atoms with E-state index in [0.29, 0.717) is 22.9 Å². The summed E-state index contributed by atoms with van der Waals surface area (Å²) in [6.45, 7) is 0. The Morgan fingerprint density at radius 2 is 0.778 bits per heavy atom. The lowest BCUT2D eigenvalue weighted by Gasteiger charge is -2.18. The average molecular weight is 927 g/mol. The highest BCUT2D eigenvalue weighted by Crippen LogP contribution is 2.48. The normalized spacial score (nSPS) is 13.6. The van der Waals surface area contributed by atoms with Crippen LogP contribution in [0.5, 0.6) is 5.75 Å². The van der Waals surface area contributed by atoms with Crippen LogP contribution in [0.3, 0.4) is 0 Å². The van der Waals surface area contributed by atoms with Gasteiger partial charge < -0.3 is 32.6 Å². The second-order valence-corrected chi connectivity index (χ2v) is 18.5. The van der Waals surface area contributed by atoms with Gasteiger partial charge in [-0.2, -0.15) is 0 Å². The Labute approximate surface area is 410 Å². The number of hydrogen-bond donors (Lipinski definition) is 1. The van der Waals surface area contributed by atoms with Gasteiger partial charge in [0.2, 0.25) is 11.8 Å². The molecule has 0 radical (unpaired) electrons. The van der Waals surface area contributed by atoms with Gasteiger partial charge in [0.1, 0.15) is 11.0 Å². The number of oxazole rings is 2. The van der Waals surface area contributed by atoms with E-state index in [1.54, 1.807) is 0 Å². The molecule has 72 heavy (non-hydrogen) atoms. The lowest BCUT2D eigenvalue weighted by atomic mass is 10.1. The zero-order valence-electron chi connectivity index (χ0n) is 38.3. The van der Waals surface area contributed by atoms with E-state index in [0.717, 1.165) is 122 Å². The molecule has 1 unspecified atom stereocenters. The number of benzene rings is 10. The Morgan fingerprint density at radius 1 is 0.375 bits per heavy atom. The molecule has 15 aromatic rings. The molecule has 10 aromatic carbocycles. The Kier molecular flexibility index (Phi) is 8.04. The van der Waals surface area contributed by atoms with Crippen molar-refractivity contribution in [2.45, 2.75) is 6.23 Å². The van der Waals surface area contributed by atoms with Gasteiger partial charge in [0, 0.05) is 49.0 Å². The van der Waals surface area contributed by atoms with Crippen LogP contribution in [0, 0.1) is 0 Å². The maximum Gasteiger partial charge on any atom is 0.227 e. The third-order valence-corrected chi connectivity index (χ3v) is 14.5. The topological polar surface area (TPSA) is 88.1 Å². The fourth-order valence-electron chi connectivity index (χ4n) is 11.4. The number of hydrogen-bond acceptors (Lipinski definition) is 6. The molecule has 9 heteroatoms. The Hall–Kier alpha value is -9.86. The highest BCUT2D eigenvalue weighted by Gasteiger charge is 2.30. The third kappa shape index (κ3) is 5.58. The largest absolute Gasteiger partial charge is 0.462 e. The smallest absolute Gasteiger partial charge is 0.227 e. The van der Waals surface area contributed by atoms with E-state index in [4.69, 9.17) is 23.5 Å². The van der Waals surface area contributed by atoms with Crippen LogP contribution in [0.2, 0.25) is 0 Å². The summed E-state index contributed by atoms with van der Waals surface area (Å²) in [7, 11) is 0. The van der Waals surface area contributed by atoms with Gasteiger partial charge in [0.25, 0.3) is 0 Å². The highest BCUT2D eigenvalue weighted by atomic mass is 16.5. The molecule has 1 aliphatic heterocycles. The van der Waals surface area contributed by atoms with Gasteiger partial charge in [-0.15, -0.1) is 0 Å². The summed E-state index contributed by atoms with van der Waals surface area (Å²) < 4.78 is 27.9. The van der Waals surface area contributed by atoms with Gasteiger partial charge in [-0.05, 0) is 97.1 Å². The van der Waals surface area contributed by atoms with Gasteiger partial charge in [0.05, 0.1) is 55.8 Å². The van der Waals surface area contributed by atoms with Crippen LogP contribution >= 0.6 is 0 Å². The van der Waals surface area contributed by atoms with Crippen molar-refractivity contribution in [3.8, 4) is 45.7 Å². The number of anilines is 1. The summed E-state index contributed by atoms with van der Waals surface area (Å²) >= 11 is 0. The number of ether oxygens (including phenoxy) is 1. The molecule has 1 aliphatic rings. The van der Waals surface area contributed by atoms with Crippen LogP contribution in [-0.2, 0) is 0 Å². The van der Waals surface area contributed by atoms with Crippen LogP contribution in [0.1, 0.15) is 11.8 Å².